The third kappa shape index (κ3) is 1.50. The summed E-state index contributed by atoms with van der Waals surface area (Å²) in [5.74, 6) is 0. The monoisotopic (exact) mass is 220 g/mol. The van der Waals surface area contributed by atoms with Crippen LogP contribution in [0.4, 0.5) is 5.69 Å². The van der Waals surface area contributed by atoms with Crippen molar-refractivity contribution in [2.24, 2.45) is 0 Å². The summed E-state index contributed by atoms with van der Waals surface area (Å²) in [6.07, 6.45) is 1.29. The highest BCUT2D eigenvalue weighted by atomic mass is 32.1. The number of hydrogen-bond donors (Lipinski definition) is 0. The molecule has 0 saturated heterocycles. The van der Waals surface area contributed by atoms with Gasteiger partial charge in [-0.3, -0.25) is 10.1 Å². The Labute approximate surface area is 90.0 Å². The molecule has 2 heterocycles. The molecule has 0 unspecified atom stereocenters. The average Bonchev–Trinajstić information content (AvgIpc) is 2.62. The van der Waals surface area contributed by atoms with Crippen LogP contribution in [0.1, 0.15) is 12.5 Å². The highest BCUT2D eigenvalue weighted by Crippen LogP contribution is 2.34. The van der Waals surface area contributed by atoms with Gasteiger partial charge in [-0.05, 0) is 23.9 Å². The number of aromatic nitrogens is 1. The lowest BCUT2D eigenvalue weighted by Gasteiger charge is -2.02. The molecule has 0 aromatic carbocycles. The second-order valence-electron chi connectivity index (χ2n) is 3.19. The first-order chi connectivity index (χ1) is 7.11. The normalized spacial score (nSPS) is 10.5. The number of thiophene rings is 1. The predicted molar refractivity (Wildman–Crippen MR) is 61.0 cm³/mol. The van der Waals surface area contributed by atoms with Gasteiger partial charge in [0.25, 0.3) is 5.69 Å². The molecule has 2 aromatic rings. The second kappa shape index (κ2) is 3.43. The molecule has 0 radical (unpaired) electrons. The molecular weight excluding hydrogens is 212 g/mol. The van der Waals surface area contributed by atoms with E-state index >= 15 is 0 Å². The Kier molecular flexibility index (Phi) is 2.24. The third-order valence-electron chi connectivity index (χ3n) is 2.08. The summed E-state index contributed by atoms with van der Waals surface area (Å²) in [7, 11) is 0. The number of fused-ring (bicyclic) bond motifs is 1. The summed E-state index contributed by atoms with van der Waals surface area (Å²) in [5, 5.41) is 12.7. The van der Waals surface area contributed by atoms with Gasteiger partial charge < -0.3 is 0 Å². The van der Waals surface area contributed by atoms with E-state index in [0.717, 1.165) is 10.2 Å². The van der Waals surface area contributed by atoms with Crippen molar-refractivity contribution in [2.45, 2.75) is 6.92 Å². The van der Waals surface area contributed by atoms with E-state index in [9.17, 15) is 10.1 Å². The molecule has 0 spiro atoms. The molecule has 0 aliphatic heterocycles. The van der Waals surface area contributed by atoms with Crippen LogP contribution in [0, 0.1) is 10.1 Å². The van der Waals surface area contributed by atoms with Gasteiger partial charge in [0, 0.05) is 0 Å². The summed E-state index contributed by atoms with van der Waals surface area (Å²) in [6.45, 7) is 5.54. The fourth-order valence-electron chi connectivity index (χ4n) is 1.45. The first-order valence-corrected chi connectivity index (χ1v) is 5.15. The third-order valence-corrected chi connectivity index (χ3v) is 3.00. The molecule has 0 N–H and O–H groups in total. The number of pyridine rings is 1. The van der Waals surface area contributed by atoms with E-state index in [1.807, 2.05) is 11.4 Å². The molecule has 76 valence electrons. The number of nitro groups is 1. The van der Waals surface area contributed by atoms with Crippen molar-refractivity contribution in [3.05, 3.63) is 39.9 Å². The van der Waals surface area contributed by atoms with Gasteiger partial charge in [0.15, 0.2) is 0 Å². The highest BCUT2D eigenvalue weighted by Gasteiger charge is 2.18. The van der Waals surface area contributed by atoms with Crippen molar-refractivity contribution < 1.29 is 4.92 Å². The largest absolute Gasteiger partial charge is 0.296 e. The van der Waals surface area contributed by atoms with Crippen LogP contribution in [0.2, 0.25) is 0 Å². The lowest BCUT2D eigenvalue weighted by atomic mass is 10.1. The Morgan fingerprint density at radius 1 is 1.67 bits per heavy atom. The molecule has 0 amide bonds. The minimum atomic E-state index is -0.420. The van der Waals surface area contributed by atoms with E-state index < -0.39 is 4.92 Å². The average molecular weight is 220 g/mol. The van der Waals surface area contributed by atoms with Crippen LogP contribution in [-0.2, 0) is 0 Å². The lowest BCUT2D eigenvalue weighted by molar-refractivity contribution is -0.385. The van der Waals surface area contributed by atoms with Gasteiger partial charge in [0.2, 0.25) is 0 Å². The van der Waals surface area contributed by atoms with Gasteiger partial charge in [-0.15, -0.1) is 11.3 Å². The molecule has 2 aromatic heterocycles. The van der Waals surface area contributed by atoms with Gasteiger partial charge in [0.1, 0.15) is 6.20 Å². The zero-order valence-electron chi connectivity index (χ0n) is 8.06. The Morgan fingerprint density at radius 2 is 2.40 bits per heavy atom. The lowest BCUT2D eigenvalue weighted by Crippen LogP contribution is -1.94. The Morgan fingerprint density at radius 3 is 3.00 bits per heavy atom. The van der Waals surface area contributed by atoms with Gasteiger partial charge >= 0.3 is 0 Å². The molecule has 0 atom stereocenters. The van der Waals surface area contributed by atoms with Crippen molar-refractivity contribution in [2.75, 3.05) is 0 Å². The van der Waals surface area contributed by atoms with Crippen molar-refractivity contribution in [1.82, 2.24) is 4.98 Å². The van der Waals surface area contributed by atoms with E-state index in [2.05, 4.69) is 11.6 Å². The van der Waals surface area contributed by atoms with E-state index in [4.69, 9.17) is 0 Å². The molecular formula is C10H8N2O2S. The van der Waals surface area contributed by atoms with Gasteiger partial charge in [-0.2, -0.15) is 0 Å². The van der Waals surface area contributed by atoms with Crippen molar-refractivity contribution in [3.63, 3.8) is 0 Å². The fourth-order valence-corrected chi connectivity index (χ4v) is 2.42. The van der Waals surface area contributed by atoms with Crippen molar-refractivity contribution >= 4 is 32.8 Å². The summed E-state index contributed by atoms with van der Waals surface area (Å²) < 4.78 is 0.830. The standard InChI is InChI=1S/C10H8N2O2S/c1-6(2)9-8(12(13)14)5-11-7-3-4-15-10(7)9/h3-5H,1H2,2H3. The first kappa shape index (κ1) is 9.79. The summed E-state index contributed by atoms with van der Waals surface area (Å²) >= 11 is 1.45. The molecule has 5 heteroatoms. The van der Waals surface area contributed by atoms with E-state index in [1.165, 1.54) is 17.5 Å². The van der Waals surface area contributed by atoms with Gasteiger partial charge in [-0.1, -0.05) is 6.58 Å². The van der Waals surface area contributed by atoms with Crippen LogP contribution >= 0.6 is 11.3 Å². The molecule has 0 saturated carbocycles. The van der Waals surface area contributed by atoms with Crippen LogP contribution in [0.15, 0.2) is 24.2 Å². The topological polar surface area (TPSA) is 56.0 Å². The Hall–Kier alpha value is -1.75. The molecule has 0 bridgehead atoms. The SMILES string of the molecule is C=C(C)c1c([N+](=O)[O-])cnc2ccsc12. The number of rotatable bonds is 2. The molecule has 2 rings (SSSR count). The Bertz CT molecular complexity index is 560. The zero-order valence-corrected chi connectivity index (χ0v) is 8.87. The van der Waals surface area contributed by atoms with E-state index in [1.54, 1.807) is 6.92 Å². The molecule has 0 fully saturated rings. The maximum absolute atomic E-state index is 10.8. The van der Waals surface area contributed by atoms with Crippen LogP contribution in [0.25, 0.3) is 15.8 Å². The maximum Gasteiger partial charge on any atom is 0.296 e. The van der Waals surface area contributed by atoms with Gasteiger partial charge in [0.05, 0.1) is 20.7 Å². The summed E-state index contributed by atoms with van der Waals surface area (Å²) in [5.41, 5.74) is 2.10. The van der Waals surface area contributed by atoms with Crippen LogP contribution in [0.5, 0.6) is 0 Å². The smallest absolute Gasteiger partial charge is 0.258 e. The minimum Gasteiger partial charge on any atom is -0.258 e. The minimum absolute atomic E-state index is 0.0254. The highest BCUT2D eigenvalue weighted by molar-refractivity contribution is 7.17. The van der Waals surface area contributed by atoms with E-state index in [0.29, 0.717) is 11.1 Å². The van der Waals surface area contributed by atoms with Crippen LogP contribution < -0.4 is 0 Å². The molecule has 0 aliphatic carbocycles. The predicted octanol–water partition coefficient (Wildman–Crippen LogP) is 3.24. The van der Waals surface area contributed by atoms with Crippen molar-refractivity contribution in [3.8, 4) is 0 Å². The Balaban J connectivity index is 2.87. The first-order valence-electron chi connectivity index (χ1n) is 4.27. The summed E-state index contributed by atoms with van der Waals surface area (Å²) in [4.78, 5) is 14.4. The van der Waals surface area contributed by atoms with Crippen molar-refractivity contribution in [1.29, 1.82) is 0 Å². The fraction of sp³-hybridized carbons (Fsp3) is 0.100. The molecule has 4 nitrogen and oxygen atoms in total. The number of nitrogens with zero attached hydrogens (tertiary/aromatic N) is 2. The molecule has 15 heavy (non-hydrogen) atoms. The quantitative estimate of drug-likeness (QED) is 0.576. The van der Waals surface area contributed by atoms with Crippen LogP contribution in [-0.4, -0.2) is 9.91 Å². The van der Waals surface area contributed by atoms with E-state index in [-0.39, 0.29) is 5.69 Å². The van der Waals surface area contributed by atoms with Crippen LogP contribution in [0.3, 0.4) is 0 Å². The summed E-state index contributed by atoms with van der Waals surface area (Å²) in [6, 6.07) is 1.84. The second-order valence-corrected chi connectivity index (χ2v) is 4.11. The number of hydrogen-bond acceptors (Lipinski definition) is 4. The zero-order chi connectivity index (χ0) is 11.0. The molecule has 0 aliphatic rings. The van der Waals surface area contributed by atoms with Gasteiger partial charge in [-0.25, -0.2) is 4.98 Å². The maximum atomic E-state index is 10.8. The number of allylic oxidation sites excluding steroid dienone is 1.